The van der Waals surface area contributed by atoms with Crippen molar-refractivity contribution >= 4 is 39.0 Å². The standard InChI is InChI=1S/C13H13ClN2O4S/c14-11-1-2-12-10(7-11)8-13(20-12)21(18,19)16-5-3-15(9-17)4-6-16/h1-2,7-9H,3-6H2. The molecule has 0 atom stereocenters. The number of halogens is 1. The zero-order valence-corrected chi connectivity index (χ0v) is 12.6. The average Bonchev–Trinajstić information content (AvgIpc) is 2.91. The van der Waals surface area contributed by atoms with Crippen molar-refractivity contribution in [1.29, 1.82) is 0 Å². The third-order valence-corrected chi connectivity index (χ3v) is 5.46. The summed E-state index contributed by atoms with van der Waals surface area (Å²) in [7, 11) is -3.69. The van der Waals surface area contributed by atoms with Gasteiger partial charge in [-0.15, -0.1) is 0 Å². The summed E-state index contributed by atoms with van der Waals surface area (Å²) in [5.41, 5.74) is 0.476. The van der Waals surface area contributed by atoms with Crippen LogP contribution in [0.25, 0.3) is 11.0 Å². The molecule has 1 fully saturated rings. The highest BCUT2D eigenvalue weighted by Gasteiger charge is 2.30. The van der Waals surface area contributed by atoms with Gasteiger partial charge >= 0.3 is 0 Å². The van der Waals surface area contributed by atoms with Crippen molar-refractivity contribution in [3.05, 3.63) is 29.3 Å². The molecule has 6 nitrogen and oxygen atoms in total. The van der Waals surface area contributed by atoms with Gasteiger partial charge in [0.25, 0.3) is 10.0 Å². The second-order valence-electron chi connectivity index (χ2n) is 4.79. The predicted octanol–water partition coefficient (Wildman–Crippen LogP) is 1.55. The van der Waals surface area contributed by atoms with Crippen LogP contribution in [-0.2, 0) is 14.8 Å². The largest absolute Gasteiger partial charge is 0.443 e. The SMILES string of the molecule is O=CN1CCN(S(=O)(=O)c2cc3cc(Cl)ccc3o2)CC1. The number of hydrogen-bond donors (Lipinski definition) is 0. The maximum atomic E-state index is 12.5. The van der Waals surface area contributed by atoms with E-state index in [1.165, 1.54) is 10.4 Å². The maximum Gasteiger partial charge on any atom is 0.276 e. The van der Waals surface area contributed by atoms with Gasteiger partial charge in [-0.3, -0.25) is 4.79 Å². The van der Waals surface area contributed by atoms with Crippen LogP contribution >= 0.6 is 11.6 Å². The number of amides is 1. The lowest BCUT2D eigenvalue weighted by atomic mass is 10.3. The molecular weight excluding hydrogens is 316 g/mol. The molecule has 1 amide bonds. The zero-order valence-electron chi connectivity index (χ0n) is 11.0. The van der Waals surface area contributed by atoms with Crippen LogP contribution in [0.1, 0.15) is 0 Å². The molecule has 8 heteroatoms. The van der Waals surface area contributed by atoms with Crippen LogP contribution in [-0.4, -0.2) is 50.2 Å². The van der Waals surface area contributed by atoms with Crippen LogP contribution in [0.2, 0.25) is 5.02 Å². The molecule has 2 heterocycles. The lowest BCUT2D eigenvalue weighted by Crippen LogP contribution is -2.47. The van der Waals surface area contributed by atoms with Crippen molar-refractivity contribution in [2.24, 2.45) is 0 Å². The van der Waals surface area contributed by atoms with Crippen LogP contribution < -0.4 is 0 Å². The third-order valence-electron chi connectivity index (χ3n) is 3.47. The Bertz CT molecular complexity index is 779. The first-order valence-electron chi connectivity index (χ1n) is 6.39. The molecule has 0 unspecified atom stereocenters. The minimum Gasteiger partial charge on any atom is -0.443 e. The van der Waals surface area contributed by atoms with Crippen molar-refractivity contribution in [3.63, 3.8) is 0 Å². The van der Waals surface area contributed by atoms with E-state index in [9.17, 15) is 13.2 Å². The van der Waals surface area contributed by atoms with Crippen LogP contribution in [0.3, 0.4) is 0 Å². The van der Waals surface area contributed by atoms with Gasteiger partial charge in [0, 0.05) is 42.7 Å². The molecule has 1 aliphatic heterocycles. The molecule has 0 N–H and O–H groups in total. The highest BCUT2D eigenvalue weighted by Crippen LogP contribution is 2.27. The van der Waals surface area contributed by atoms with Gasteiger partial charge in [-0.05, 0) is 18.2 Å². The first-order chi connectivity index (χ1) is 10.0. The number of piperazine rings is 1. The number of rotatable bonds is 3. The van der Waals surface area contributed by atoms with Gasteiger partial charge in [-0.25, -0.2) is 8.42 Å². The normalized spacial score (nSPS) is 17.3. The summed E-state index contributed by atoms with van der Waals surface area (Å²) in [4.78, 5) is 12.2. The monoisotopic (exact) mass is 328 g/mol. The van der Waals surface area contributed by atoms with Crippen LogP contribution in [0.5, 0.6) is 0 Å². The fraction of sp³-hybridized carbons (Fsp3) is 0.308. The average molecular weight is 329 g/mol. The molecular formula is C13H13ClN2O4S. The molecule has 21 heavy (non-hydrogen) atoms. The summed E-state index contributed by atoms with van der Waals surface area (Å²) < 4.78 is 31.8. The quantitative estimate of drug-likeness (QED) is 0.801. The van der Waals surface area contributed by atoms with E-state index in [4.69, 9.17) is 16.0 Å². The molecule has 3 rings (SSSR count). The first kappa shape index (κ1) is 14.4. The molecule has 0 spiro atoms. The van der Waals surface area contributed by atoms with Gasteiger partial charge in [0.2, 0.25) is 11.5 Å². The van der Waals surface area contributed by atoms with Gasteiger partial charge in [-0.1, -0.05) is 11.6 Å². The van der Waals surface area contributed by atoms with Gasteiger partial charge in [0.15, 0.2) is 0 Å². The Hall–Kier alpha value is -1.57. The van der Waals surface area contributed by atoms with Gasteiger partial charge in [0.1, 0.15) is 5.58 Å². The molecule has 1 aromatic heterocycles. The number of hydrogen-bond acceptors (Lipinski definition) is 4. The molecule has 1 saturated heterocycles. The van der Waals surface area contributed by atoms with Crippen molar-refractivity contribution in [1.82, 2.24) is 9.21 Å². The summed E-state index contributed by atoms with van der Waals surface area (Å²) in [6, 6.07) is 6.42. The third kappa shape index (κ3) is 2.64. The number of furan rings is 1. The Labute approximate surface area is 126 Å². The molecule has 112 valence electrons. The van der Waals surface area contributed by atoms with Crippen molar-refractivity contribution < 1.29 is 17.6 Å². The topological polar surface area (TPSA) is 70.8 Å². The summed E-state index contributed by atoms with van der Waals surface area (Å²) in [5.74, 6) is 0. The lowest BCUT2D eigenvalue weighted by Gasteiger charge is -2.30. The molecule has 0 aliphatic carbocycles. The van der Waals surface area contributed by atoms with E-state index >= 15 is 0 Å². The number of nitrogens with zero attached hydrogens (tertiary/aromatic N) is 2. The van der Waals surface area contributed by atoms with E-state index in [1.54, 1.807) is 23.1 Å². The summed E-state index contributed by atoms with van der Waals surface area (Å²) in [6.45, 7) is 1.29. The van der Waals surface area contributed by atoms with Crippen molar-refractivity contribution in [3.8, 4) is 0 Å². The minimum absolute atomic E-state index is 0.0979. The summed E-state index contributed by atoms with van der Waals surface area (Å²) in [5, 5.41) is 1.07. The van der Waals surface area contributed by atoms with E-state index in [0.717, 1.165) is 6.41 Å². The zero-order chi connectivity index (χ0) is 15.0. The molecule has 0 radical (unpaired) electrons. The number of sulfonamides is 1. The Kier molecular flexibility index (Phi) is 3.64. The molecule has 1 aliphatic rings. The lowest BCUT2D eigenvalue weighted by molar-refractivity contribution is -0.119. The molecule has 1 aromatic carbocycles. The fourth-order valence-corrected chi connectivity index (χ4v) is 3.84. The van der Waals surface area contributed by atoms with E-state index in [0.29, 0.717) is 29.1 Å². The van der Waals surface area contributed by atoms with Gasteiger partial charge in [-0.2, -0.15) is 4.31 Å². The molecule has 0 saturated carbocycles. The number of fused-ring (bicyclic) bond motifs is 1. The highest BCUT2D eigenvalue weighted by molar-refractivity contribution is 7.89. The van der Waals surface area contributed by atoms with Crippen LogP contribution in [0.15, 0.2) is 33.8 Å². The van der Waals surface area contributed by atoms with E-state index < -0.39 is 10.0 Å². The van der Waals surface area contributed by atoms with E-state index in [1.807, 2.05) is 0 Å². The van der Waals surface area contributed by atoms with Gasteiger partial charge in [0.05, 0.1) is 0 Å². The van der Waals surface area contributed by atoms with Gasteiger partial charge < -0.3 is 9.32 Å². The fourth-order valence-electron chi connectivity index (χ4n) is 2.29. The number of carbonyl (C=O) groups is 1. The maximum absolute atomic E-state index is 12.5. The molecule has 2 aromatic rings. The smallest absolute Gasteiger partial charge is 0.276 e. The Morgan fingerprint density at radius 1 is 1.14 bits per heavy atom. The summed E-state index contributed by atoms with van der Waals surface area (Å²) in [6.07, 6.45) is 0.729. The highest BCUT2D eigenvalue weighted by atomic mass is 35.5. The van der Waals surface area contributed by atoms with Crippen LogP contribution in [0, 0.1) is 0 Å². The Balaban J connectivity index is 1.91. The van der Waals surface area contributed by atoms with E-state index in [-0.39, 0.29) is 18.2 Å². The number of benzene rings is 1. The van der Waals surface area contributed by atoms with E-state index in [2.05, 4.69) is 0 Å². The van der Waals surface area contributed by atoms with Crippen LogP contribution in [0.4, 0.5) is 0 Å². The number of carbonyl (C=O) groups excluding carboxylic acids is 1. The predicted molar refractivity (Wildman–Crippen MR) is 77.6 cm³/mol. The minimum atomic E-state index is -3.69. The first-order valence-corrected chi connectivity index (χ1v) is 8.21. The second kappa shape index (κ2) is 5.32. The summed E-state index contributed by atoms with van der Waals surface area (Å²) >= 11 is 5.88. The molecule has 0 bridgehead atoms. The Morgan fingerprint density at radius 3 is 2.52 bits per heavy atom. The Morgan fingerprint density at radius 2 is 1.86 bits per heavy atom. The van der Waals surface area contributed by atoms with Crippen molar-refractivity contribution in [2.75, 3.05) is 26.2 Å². The second-order valence-corrected chi connectivity index (χ2v) is 7.10. The van der Waals surface area contributed by atoms with Crippen molar-refractivity contribution in [2.45, 2.75) is 5.09 Å².